The number of esters is 1. The Labute approximate surface area is 143 Å². The number of aromatic hydroxyl groups is 1. The molecule has 0 bridgehead atoms. The normalized spacial score (nSPS) is 10.6. The number of Topliss-reactive ketones (excluding diaryl/α,β-unsaturated/α-hetero) is 1. The Morgan fingerprint density at radius 3 is 2.56 bits per heavy atom. The molecule has 6 nitrogen and oxygen atoms in total. The van der Waals surface area contributed by atoms with Crippen LogP contribution in [-0.4, -0.2) is 31.1 Å². The first-order valence-corrected chi connectivity index (χ1v) is 7.53. The van der Waals surface area contributed by atoms with Crippen molar-refractivity contribution < 1.29 is 28.6 Å². The molecule has 3 aromatic rings. The van der Waals surface area contributed by atoms with Gasteiger partial charge in [-0.25, -0.2) is 4.79 Å². The maximum absolute atomic E-state index is 12.4. The number of furan rings is 1. The van der Waals surface area contributed by atoms with Crippen molar-refractivity contribution >= 4 is 22.7 Å². The molecule has 0 saturated carbocycles. The number of carbonyl (C=O) groups excluding carboxylic acids is 2. The van der Waals surface area contributed by atoms with Gasteiger partial charge in [-0.05, 0) is 35.9 Å². The van der Waals surface area contributed by atoms with E-state index in [1.807, 2.05) is 0 Å². The van der Waals surface area contributed by atoms with E-state index in [2.05, 4.69) is 4.74 Å². The number of rotatable bonds is 5. The first-order chi connectivity index (χ1) is 12.0. The van der Waals surface area contributed by atoms with Gasteiger partial charge >= 0.3 is 5.97 Å². The molecule has 0 aliphatic rings. The number of phenols is 1. The van der Waals surface area contributed by atoms with Crippen molar-refractivity contribution in [3.05, 3.63) is 59.4 Å². The van der Waals surface area contributed by atoms with Crippen molar-refractivity contribution in [2.75, 3.05) is 14.2 Å². The number of hydrogen-bond acceptors (Lipinski definition) is 6. The fourth-order valence-corrected chi connectivity index (χ4v) is 2.56. The number of ether oxygens (including phenoxy) is 2. The number of ketones is 1. The lowest BCUT2D eigenvalue weighted by Crippen LogP contribution is -2.04. The van der Waals surface area contributed by atoms with Crippen LogP contribution in [0.4, 0.5) is 0 Å². The van der Waals surface area contributed by atoms with Crippen molar-refractivity contribution in [3.8, 4) is 11.5 Å². The number of benzene rings is 2. The van der Waals surface area contributed by atoms with Gasteiger partial charge in [-0.2, -0.15) is 0 Å². The van der Waals surface area contributed by atoms with E-state index in [4.69, 9.17) is 9.15 Å². The van der Waals surface area contributed by atoms with Crippen LogP contribution in [0.2, 0.25) is 0 Å². The monoisotopic (exact) mass is 340 g/mol. The van der Waals surface area contributed by atoms with E-state index < -0.39 is 5.97 Å². The molecule has 0 aliphatic heterocycles. The Morgan fingerprint density at radius 1 is 1.08 bits per heavy atom. The van der Waals surface area contributed by atoms with Crippen LogP contribution < -0.4 is 4.74 Å². The van der Waals surface area contributed by atoms with Crippen molar-refractivity contribution in [2.24, 2.45) is 0 Å². The van der Waals surface area contributed by atoms with E-state index in [0.717, 1.165) is 5.56 Å². The number of carbonyl (C=O) groups is 2. The van der Waals surface area contributed by atoms with E-state index in [1.165, 1.54) is 26.4 Å². The molecule has 2 aromatic carbocycles. The third kappa shape index (κ3) is 3.33. The molecule has 1 heterocycles. The Morgan fingerprint density at radius 2 is 1.88 bits per heavy atom. The molecule has 0 saturated heterocycles. The lowest BCUT2D eigenvalue weighted by molar-refractivity contribution is 0.0567. The standard InChI is InChI=1S/C19H16O6/c1-23-13-4-5-14(16(21)10-13)15(20)8-11-3-6-17-12(7-11)9-18(25-17)19(22)24-2/h3-7,9-10,21H,8H2,1-2H3. The molecule has 0 amide bonds. The van der Waals surface area contributed by atoms with Crippen molar-refractivity contribution in [3.63, 3.8) is 0 Å². The molecule has 0 radical (unpaired) electrons. The Kier molecular flexibility index (Phi) is 4.43. The van der Waals surface area contributed by atoms with Gasteiger partial charge in [-0.1, -0.05) is 6.07 Å². The summed E-state index contributed by atoms with van der Waals surface area (Å²) in [7, 11) is 2.76. The Balaban J connectivity index is 1.84. The lowest BCUT2D eigenvalue weighted by Gasteiger charge is -2.06. The molecule has 1 N–H and O–H groups in total. The molecule has 3 rings (SSSR count). The van der Waals surface area contributed by atoms with Gasteiger partial charge in [-0.3, -0.25) is 4.79 Å². The van der Waals surface area contributed by atoms with Crippen molar-refractivity contribution in [2.45, 2.75) is 6.42 Å². The second kappa shape index (κ2) is 6.68. The first kappa shape index (κ1) is 16.6. The zero-order chi connectivity index (χ0) is 18.0. The molecule has 128 valence electrons. The topological polar surface area (TPSA) is 86.0 Å². The molecule has 25 heavy (non-hydrogen) atoms. The summed E-state index contributed by atoms with van der Waals surface area (Å²) in [5, 5.41) is 10.7. The number of phenolic OH excluding ortho intramolecular Hbond substituents is 1. The van der Waals surface area contributed by atoms with Crippen molar-refractivity contribution in [1.29, 1.82) is 0 Å². The SMILES string of the molecule is COC(=O)c1cc2cc(CC(=O)c3ccc(OC)cc3O)ccc2o1. The molecule has 0 spiro atoms. The maximum Gasteiger partial charge on any atom is 0.373 e. The fourth-order valence-electron chi connectivity index (χ4n) is 2.56. The van der Waals surface area contributed by atoms with Gasteiger partial charge in [0.25, 0.3) is 0 Å². The minimum absolute atomic E-state index is 0.105. The van der Waals surface area contributed by atoms with E-state index >= 15 is 0 Å². The summed E-state index contributed by atoms with van der Waals surface area (Å²) < 4.78 is 15.0. The van der Waals surface area contributed by atoms with Gasteiger partial charge in [0.2, 0.25) is 5.76 Å². The summed E-state index contributed by atoms with van der Waals surface area (Å²) in [6.07, 6.45) is 0.106. The number of fused-ring (bicyclic) bond motifs is 1. The van der Waals surface area contributed by atoms with Crippen LogP contribution in [-0.2, 0) is 11.2 Å². The van der Waals surface area contributed by atoms with Crippen LogP contribution >= 0.6 is 0 Å². The Bertz CT molecular complexity index is 954. The van der Waals surface area contributed by atoms with Gasteiger partial charge < -0.3 is 19.0 Å². The van der Waals surface area contributed by atoms with Crippen LogP contribution in [0.3, 0.4) is 0 Å². The van der Waals surface area contributed by atoms with Crippen LogP contribution in [0.5, 0.6) is 11.5 Å². The van der Waals surface area contributed by atoms with E-state index in [9.17, 15) is 14.7 Å². The van der Waals surface area contributed by atoms with Crippen LogP contribution in [0.15, 0.2) is 46.9 Å². The van der Waals surface area contributed by atoms with Crippen molar-refractivity contribution in [1.82, 2.24) is 0 Å². The number of hydrogen-bond donors (Lipinski definition) is 1. The average Bonchev–Trinajstić information content (AvgIpc) is 3.04. The predicted molar refractivity (Wildman–Crippen MR) is 90.2 cm³/mol. The molecule has 0 fully saturated rings. The smallest absolute Gasteiger partial charge is 0.373 e. The largest absolute Gasteiger partial charge is 0.507 e. The quantitative estimate of drug-likeness (QED) is 0.566. The maximum atomic E-state index is 12.4. The van der Waals surface area contributed by atoms with Crippen LogP contribution in [0.1, 0.15) is 26.5 Å². The zero-order valence-electron chi connectivity index (χ0n) is 13.7. The summed E-state index contributed by atoms with van der Waals surface area (Å²) in [5.41, 5.74) is 1.50. The third-order valence-corrected chi connectivity index (χ3v) is 3.84. The van der Waals surface area contributed by atoms with Gasteiger partial charge in [0.1, 0.15) is 17.1 Å². The molecule has 0 aliphatic carbocycles. The molecular formula is C19H16O6. The molecular weight excluding hydrogens is 324 g/mol. The molecule has 0 unspecified atom stereocenters. The second-order valence-electron chi connectivity index (χ2n) is 5.46. The highest BCUT2D eigenvalue weighted by atomic mass is 16.5. The van der Waals surface area contributed by atoms with Gasteiger partial charge in [-0.15, -0.1) is 0 Å². The first-order valence-electron chi connectivity index (χ1n) is 7.53. The summed E-state index contributed by atoms with van der Waals surface area (Å²) in [5.74, 6) is -0.326. The summed E-state index contributed by atoms with van der Waals surface area (Å²) in [6, 6.07) is 11.3. The van der Waals surface area contributed by atoms with E-state index in [-0.39, 0.29) is 29.3 Å². The highest BCUT2D eigenvalue weighted by Gasteiger charge is 2.15. The molecule has 1 aromatic heterocycles. The van der Waals surface area contributed by atoms with Gasteiger partial charge in [0.05, 0.1) is 19.8 Å². The second-order valence-corrected chi connectivity index (χ2v) is 5.46. The summed E-state index contributed by atoms with van der Waals surface area (Å²) >= 11 is 0. The summed E-state index contributed by atoms with van der Waals surface area (Å²) in [6.45, 7) is 0. The van der Waals surface area contributed by atoms with Crippen LogP contribution in [0.25, 0.3) is 11.0 Å². The average molecular weight is 340 g/mol. The van der Waals surface area contributed by atoms with E-state index in [0.29, 0.717) is 16.7 Å². The minimum atomic E-state index is -0.558. The highest BCUT2D eigenvalue weighted by Crippen LogP contribution is 2.26. The lowest BCUT2D eigenvalue weighted by atomic mass is 10.0. The van der Waals surface area contributed by atoms with Gasteiger partial charge in [0.15, 0.2) is 5.78 Å². The molecule has 0 atom stereocenters. The van der Waals surface area contributed by atoms with Crippen LogP contribution in [0, 0.1) is 0 Å². The Hall–Kier alpha value is -3.28. The number of methoxy groups -OCH3 is 2. The summed E-state index contributed by atoms with van der Waals surface area (Å²) in [4.78, 5) is 23.9. The van der Waals surface area contributed by atoms with Gasteiger partial charge in [0, 0.05) is 17.9 Å². The predicted octanol–water partition coefficient (Wildman–Crippen LogP) is 3.36. The van der Waals surface area contributed by atoms with E-state index in [1.54, 1.807) is 30.3 Å². The third-order valence-electron chi connectivity index (χ3n) is 3.84. The highest BCUT2D eigenvalue weighted by molar-refractivity contribution is 6.00. The minimum Gasteiger partial charge on any atom is -0.507 e. The fraction of sp³-hybridized carbons (Fsp3) is 0.158. The zero-order valence-corrected chi connectivity index (χ0v) is 13.7. The molecule has 6 heteroatoms.